The van der Waals surface area contributed by atoms with Crippen LogP contribution in [-0.4, -0.2) is 25.3 Å². The third-order valence-corrected chi connectivity index (χ3v) is 5.93. The average molecular weight is 290 g/mol. The van der Waals surface area contributed by atoms with Crippen molar-refractivity contribution in [1.82, 2.24) is 4.31 Å². The van der Waals surface area contributed by atoms with Crippen LogP contribution in [0.25, 0.3) is 0 Å². The Hall–Kier alpha value is -1.38. The molecule has 0 amide bonds. The predicted molar refractivity (Wildman–Crippen MR) is 75.5 cm³/mol. The first kappa shape index (κ1) is 13.6. The Bertz CT molecular complexity index is 668. The minimum absolute atomic E-state index is 0.191. The Balaban J connectivity index is 1.93. The van der Waals surface area contributed by atoms with Crippen LogP contribution in [0.3, 0.4) is 0 Å². The second-order valence-electron chi connectivity index (χ2n) is 5.84. The van der Waals surface area contributed by atoms with E-state index in [0.717, 1.165) is 31.2 Å². The summed E-state index contributed by atoms with van der Waals surface area (Å²) in [5, 5.41) is 8.94. The molecule has 106 valence electrons. The largest absolute Gasteiger partial charge is 0.243 e. The van der Waals surface area contributed by atoms with Crippen molar-refractivity contribution in [2.75, 3.05) is 6.54 Å². The highest BCUT2D eigenvalue weighted by Crippen LogP contribution is 2.38. The molecule has 1 aromatic carbocycles. The summed E-state index contributed by atoms with van der Waals surface area (Å²) in [5.41, 5.74) is 1.25. The molecule has 2 fully saturated rings. The fourth-order valence-corrected chi connectivity index (χ4v) is 4.27. The van der Waals surface area contributed by atoms with Gasteiger partial charge in [0.15, 0.2) is 0 Å². The van der Waals surface area contributed by atoms with Gasteiger partial charge >= 0.3 is 0 Å². The van der Waals surface area contributed by atoms with Crippen molar-refractivity contribution in [1.29, 1.82) is 5.26 Å². The molecule has 0 atom stereocenters. The first-order valence-corrected chi connectivity index (χ1v) is 8.49. The number of hydrogen-bond donors (Lipinski definition) is 0. The summed E-state index contributed by atoms with van der Waals surface area (Å²) in [6.07, 6.45) is 4.23. The molecule has 0 spiro atoms. The van der Waals surface area contributed by atoms with Gasteiger partial charge in [0.25, 0.3) is 0 Å². The number of nitrogens with zero attached hydrogens (tertiary/aromatic N) is 2. The van der Waals surface area contributed by atoms with Crippen LogP contribution in [-0.2, 0) is 10.0 Å². The lowest BCUT2D eigenvalue weighted by Gasteiger charge is -2.22. The molecule has 2 saturated carbocycles. The summed E-state index contributed by atoms with van der Waals surface area (Å²) in [4.78, 5) is 0.321. The van der Waals surface area contributed by atoms with Gasteiger partial charge in [-0.3, -0.25) is 0 Å². The minimum atomic E-state index is -3.42. The second-order valence-corrected chi connectivity index (χ2v) is 7.73. The van der Waals surface area contributed by atoms with E-state index in [4.69, 9.17) is 5.26 Å². The third kappa shape index (κ3) is 2.58. The molecule has 1 aromatic rings. The zero-order valence-electron chi connectivity index (χ0n) is 11.5. The number of nitriles is 1. The van der Waals surface area contributed by atoms with Gasteiger partial charge in [0.2, 0.25) is 10.0 Å². The molecule has 4 nitrogen and oxygen atoms in total. The van der Waals surface area contributed by atoms with Gasteiger partial charge in [0, 0.05) is 12.6 Å². The van der Waals surface area contributed by atoms with E-state index < -0.39 is 10.0 Å². The highest BCUT2D eigenvalue weighted by Gasteiger charge is 2.41. The molecular formula is C15H18N2O2S. The molecule has 0 radical (unpaired) electrons. The number of benzene rings is 1. The summed E-state index contributed by atoms with van der Waals surface area (Å²) in [6.45, 7) is 2.44. The SMILES string of the molecule is Cc1cc(S(=O)(=O)N(CC2CC2)C2CC2)ccc1C#N. The van der Waals surface area contributed by atoms with E-state index in [-0.39, 0.29) is 6.04 Å². The maximum absolute atomic E-state index is 12.8. The summed E-state index contributed by atoms with van der Waals surface area (Å²) in [6, 6.07) is 7.04. The van der Waals surface area contributed by atoms with E-state index in [9.17, 15) is 8.42 Å². The quantitative estimate of drug-likeness (QED) is 0.836. The Morgan fingerprint density at radius 1 is 1.30 bits per heavy atom. The zero-order chi connectivity index (χ0) is 14.3. The standard InChI is InChI=1S/C15H18N2O2S/c1-11-8-15(7-4-13(11)9-16)20(18,19)17(14-5-6-14)10-12-2-3-12/h4,7-8,12,14H,2-3,5-6,10H2,1H3. The van der Waals surface area contributed by atoms with Crippen LogP contribution in [0.15, 0.2) is 23.1 Å². The monoisotopic (exact) mass is 290 g/mol. The average Bonchev–Trinajstić information content (AvgIpc) is 3.27. The third-order valence-electron chi connectivity index (χ3n) is 4.01. The van der Waals surface area contributed by atoms with Crippen LogP contribution in [0.2, 0.25) is 0 Å². The van der Waals surface area contributed by atoms with E-state index in [1.54, 1.807) is 29.4 Å². The maximum Gasteiger partial charge on any atom is 0.243 e. The number of aryl methyl sites for hydroxylation is 1. The Labute approximate surface area is 120 Å². The van der Waals surface area contributed by atoms with Gasteiger partial charge in [-0.1, -0.05) is 0 Å². The lowest BCUT2D eigenvalue weighted by atomic mass is 10.1. The fraction of sp³-hybridized carbons (Fsp3) is 0.533. The van der Waals surface area contributed by atoms with Crippen LogP contribution >= 0.6 is 0 Å². The van der Waals surface area contributed by atoms with Crippen molar-refractivity contribution < 1.29 is 8.42 Å². The number of hydrogen-bond acceptors (Lipinski definition) is 3. The van der Waals surface area contributed by atoms with Gasteiger partial charge in [-0.2, -0.15) is 9.57 Å². The van der Waals surface area contributed by atoms with E-state index >= 15 is 0 Å². The van der Waals surface area contributed by atoms with Gasteiger partial charge in [-0.15, -0.1) is 0 Å². The Morgan fingerprint density at radius 3 is 2.50 bits per heavy atom. The summed E-state index contributed by atoms with van der Waals surface area (Å²) in [5.74, 6) is 0.546. The van der Waals surface area contributed by atoms with E-state index in [0.29, 0.717) is 22.9 Å². The molecular weight excluding hydrogens is 272 g/mol. The highest BCUT2D eigenvalue weighted by atomic mass is 32.2. The van der Waals surface area contributed by atoms with Crippen molar-refractivity contribution in [3.8, 4) is 6.07 Å². The topological polar surface area (TPSA) is 61.2 Å². The molecule has 0 bridgehead atoms. The van der Waals surface area contributed by atoms with Gasteiger partial charge < -0.3 is 0 Å². The molecule has 2 aliphatic rings. The first-order valence-electron chi connectivity index (χ1n) is 7.05. The summed E-state index contributed by atoms with van der Waals surface area (Å²) >= 11 is 0. The number of sulfonamides is 1. The Morgan fingerprint density at radius 2 is 2.00 bits per heavy atom. The molecule has 0 N–H and O–H groups in total. The van der Waals surface area contributed by atoms with E-state index in [1.165, 1.54) is 0 Å². The fourth-order valence-electron chi connectivity index (χ4n) is 2.42. The first-order chi connectivity index (χ1) is 9.52. The van der Waals surface area contributed by atoms with Crippen molar-refractivity contribution >= 4 is 10.0 Å². The minimum Gasteiger partial charge on any atom is -0.207 e. The van der Waals surface area contributed by atoms with Crippen LogP contribution in [0, 0.1) is 24.2 Å². The normalized spacial score (nSPS) is 19.1. The molecule has 5 heteroatoms. The molecule has 0 heterocycles. The van der Waals surface area contributed by atoms with E-state index in [2.05, 4.69) is 6.07 Å². The zero-order valence-corrected chi connectivity index (χ0v) is 12.4. The molecule has 0 aromatic heterocycles. The summed E-state index contributed by atoms with van der Waals surface area (Å²) in [7, 11) is -3.42. The Kier molecular flexibility index (Phi) is 3.31. The summed E-state index contributed by atoms with van der Waals surface area (Å²) < 4.78 is 27.2. The van der Waals surface area contributed by atoms with Gasteiger partial charge in [-0.05, 0) is 62.3 Å². The molecule has 0 saturated heterocycles. The molecule has 3 rings (SSSR count). The predicted octanol–water partition coefficient (Wildman–Crippen LogP) is 2.43. The van der Waals surface area contributed by atoms with Gasteiger partial charge in [-0.25, -0.2) is 8.42 Å². The highest BCUT2D eigenvalue weighted by molar-refractivity contribution is 7.89. The smallest absolute Gasteiger partial charge is 0.207 e. The van der Waals surface area contributed by atoms with Crippen LogP contribution in [0.1, 0.15) is 36.8 Å². The lowest BCUT2D eigenvalue weighted by molar-refractivity contribution is 0.389. The van der Waals surface area contributed by atoms with Crippen molar-refractivity contribution in [2.45, 2.75) is 43.5 Å². The van der Waals surface area contributed by atoms with Crippen LogP contribution < -0.4 is 0 Å². The van der Waals surface area contributed by atoms with Crippen LogP contribution in [0.4, 0.5) is 0 Å². The second kappa shape index (κ2) is 4.87. The van der Waals surface area contributed by atoms with E-state index in [1.807, 2.05) is 0 Å². The van der Waals surface area contributed by atoms with Crippen molar-refractivity contribution in [3.05, 3.63) is 29.3 Å². The van der Waals surface area contributed by atoms with Gasteiger partial charge in [0.05, 0.1) is 16.5 Å². The van der Waals surface area contributed by atoms with Crippen molar-refractivity contribution in [2.24, 2.45) is 5.92 Å². The van der Waals surface area contributed by atoms with Gasteiger partial charge in [0.1, 0.15) is 0 Å². The molecule has 2 aliphatic carbocycles. The van der Waals surface area contributed by atoms with Crippen molar-refractivity contribution in [3.63, 3.8) is 0 Å². The molecule has 0 unspecified atom stereocenters. The molecule has 20 heavy (non-hydrogen) atoms. The number of rotatable bonds is 5. The molecule has 0 aliphatic heterocycles. The van der Waals surface area contributed by atoms with Crippen LogP contribution in [0.5, 0.6) is 0 Å². The maximum atomic E-state index is 12.8. The lowest BCUT2D eigenvalue weighted by Crippen LogP contribution is -2.35.